The summed E-state index contributed by atoms with van der Waals surface area (Å²) in [5.41, 5.74) is 0.830. The fraction of sp³-hybridized carbons (Fsp3) is 0.571. The van der Waals surface area contributed by atoms with Crippen molar-refractivity contribution in [1.29, 1.82) is 0 Å². The maximum Gasteiger partial charge on any atom is 0.209 e. The second-order valence-electron chi connectivity index (χ2n) is 4.87. The van der Waals surface area contributed by atoms with Crippen molar-refractivity contribution in [3.8, 4) is 0 Å². The van der Waals surface area contributed by atoms with Crippen molar-refractivity contribution in [1.82, 2.24) is 0 Å². The van der Waals surface area contributed by atoms with Crippen LogP contribution in [-0.2, 0) is 23.7 Å². The van der Waals surface area contributed by atoms with Gasteiger partial charge >= 0.3 is 0 Å². The molecule has 1 aromatic carbocycles. The molecule has 0 spiro atoms. The highest BCUT2D eigenvalue weighted by atomic mass is 16.8. The lowest BCUT2D eigenvalue weighted by Gasteiger charge is -2.36. The van der Waals surface area contributed by atoms with Crippen LogP contribution in [0, 0.1) is 0 Å². The smallest absolute Gasteiger partial charge is 0.209 e. The quantitative estimate of drug-likeness (QED) is 0.802. The number of ether oxygens (including phenoxy) is 5. The van der Waals surface area contributed by atoms with Crippen LogP contribution in [0.2, 0.25) is 0 Å². The lowest BCUT2D eigenvalue weighted by Crippen LogP contribution is -2.48. The van der Waals surface area contributed by atoms with E-state index in [1.165, 1.54) is 7.11 Å². The van der Waals surface area contributed by atoms with Crippen LogP contribution in [0.4, 0.5) is 0 Å². The van der Waals surface area contributed by atoms with Crippen LogP contribution in [0.25, 0.3) is 0 Å². The maximum absolute atomic E-state index is 10.0. The molecule has 6 atom stereocenters. The van der Waals surface area contributed by atoms with Crippen LogP contribution in [0.1, 0.15) is 11.9 Å². The van der Waals surface area contributed by atoms with Gasteiger partial charge in [0.1, 0.15) is 12.2 Å². The zero-order valence-electron chi connectivity index (χ0n) is 11.5. The molecule has 1 aromatic rings. The van der Waals surface area contributed by atoms with Crippen LogP contribution >= 0.6 is 0 Å². The summed E-state index contributed by atoms with van der Waals surface area (Å²) in [6.07, 6.45) is -5.73. The number of fused-ring (bicyclic) bond motifs is 1. The summed E-state index contributed by atoms with van der Waals surface area (Å²) in [6.45, 7) is 0.192. The molecule has 7 heteroatoms. The standard InChI is InChI=1S/C14H18O7/c1-17-14-12(16)21-11(15)10-9(19-14)7-18-13(20-10)8-5-3-2-4-6-8/h2-6,9-16H,7H2,1H3/t9-,10-,11+,12-,13-,14+/m1/s1. The highest BCUT2D eigenvalue weighted by molar-refractivity contribution is 5.16. The number of aliphatic hydroxyl groups excluding tert-OH is 2. The Morgan fingerprint density at radius 2 is 1.81 bits per heavy atom. The van der Waals surface area contributed by atoms with Gasteiger partial charge in [0.15, 0.2) is 12.6 Å². The van der Waals surface area contributed by atoms with Gasteiger partial charge in [-0.3, -0.25) is 0 Å². The molecule has 3 rings (SSSR count). The molecule has 2 saturated heterocycles. The van der Waals surface area contributed by atoms with E-state index >= 15 is 0 Å². The second kappa shape index (κ2) is 6.37. The largest absolute Gasteiger partial charge is 0.366 e. The second-order valence-corrected chi connectivity index (χ2v) is 4.87. The van der Waals surface area contributed by atoms with E-state index in [0.717, 1.165) is 5.56 Å². The summed E-state index contributed by atoms with van der Waals surface area (Å²) in [4.78, 5) is 0. The monoisotopic (exact) mass is 298 g/mol. The van der Waals surface area contributed by atoms with E-state index in [4.69, 9.17) is 23.7 Å². The first-order chi connectivity index (χ1) is 10.2. The summed E-state index contributed by atoms with van der Waals surface area (Å²) in [6, 6.07) is 9.36. The molecule has 0 aliphatic carbocycles. The molecule has 0 unspecified atom stereocenters. The molecule has 0 radical (unpaired) electrons. The molecule has 0 aromatic heterocycles. The Morgan fingerprint density at radius 1 is 1.05 bits per heavy atom. The highest BCUT2D eigenvalue weighted by Crippen LogP contribution is 2.32. The predicted octanol–water partition coefficient (Wildman–Crippen LogP) is 0.125. The average molecular weight is 298 g/mol. The van der Waals surface area contributed by atoms with Gasteiger partial charge in [-0.05, 0) is 0 Å². The van der Waals surface area contributed by atoms with Gasteiger partial charge in [0.2, 0.25) is 12.6 Å². The SMILES string of the molecule is CO[C@H]1O[C@@H]2CO[C@@H](c3ccccc3)O[C@H]2[C@@H](O)O[C@H]1O. The van der Waals surface area contributed by atoms with Crippen molar-refractivity contribution in [2.75, 3.05) is 13.7 Å². The van der Waals surface area contributed by atoms with Crippen molar-refractivity contribution in [2.45, 2.75) is 37.4 Å². The van der Waals surface area contributed by atoms with E-state index in [-0.39, 0.29) is 6.61 Å². The first kappa shape index (κ1) is 14.9. The Bertz CT molecular complexity index is 454. The van der Waals surface area contributed by atoms with Gasteiger partial charge in [0.05, 0.1) is 6.61 Å². The van der Waals surface area contributed by atoms with Crippen LogP contribution in [0.5, 0.6) is 0 Å². The number of aliphatic hydroxyl groups is 2. The minimum Gasteiger partial charge on any atom is -0.366 e. The number of methoxy groups -OCH3 is 1. The van der Waals surface area contributed by atoms with Crippen molar-refractivity contribution in [3.05, 3.63) is 35.9 Å². The maximum atomic E-state index is 10.0. The van der Waals surface area contributed by atoms with E-state index in [1.807, 2.05) is 30.3 Å². The van der Waals surface area contributed by atoms with Crippen molar-refractivity contribution in [3.63, 3.8) is 0 Å². The molecule has 2 N–H and O–H groups in total. The Balaban J connectivity index is 1.75. The first-order valence-electron chi connectivity index (χ1n) is 6.71. The molecule has 2 aliphatic rings. The highest BCUT2D eigenvalue weighted by Gasteiger charge is 2.45. The van der Waals surface area contributed by atoms with E-state index in [0.29, 0.717) is 0 Å². The van der Waals surface area contributed by atoms with Crippen molar-refractivity contribution in [2.24, 2.45) is 0 Å². The van der Waals surface area contributed by atoms with E-state index in [9.17, 15) is 10.2 Å². The molecular formula is C14H18O7. The van der Waals surface area contributed by atoms with Crippen LogP contribution in [0.3, 0.4) is 0 Å². The summed E-state index contributed by atoms with van der Waals surface area (Å²) in [5.74, 6) is 0. The van der Waals surface area contributed by atoms with Gasteiger partial charge in [-0.1, -0.05) is 30.3 Å². The van der Waals surface area contributed by atoms with Crippen molar-refractivity contribution >= 4 is 0 Å². The molecule has 0 saturated carbocycles. The van der Waals surface area contributed by atoms with E-state index in [1.54, 1.807) is 0 Å². The Morgan fingerprint density at radius 3 is 2.52 bits per heavy atom. The first-order valence-corrected chi connectivity index (χ1v) is 6.71. The minimum absolute atomic E-state index is 0.192. The number of rotatable bonds is 2. The number of hydrogen-bond donors (Lipinski definition) is 2. The van der Waals surface area contributed by atoms with Crippen molar-refractivity contribution < 1.29 is 33.9 Å². The van der Waals surface area contributed by atoms with E-state index in [2.05, 4.69) is 0 Å². The van der Waals surface area contributed by atoms with Gasteiger partial charge in [-0.15, -0.1) is 0 Å². The molecule has 0 amide bonds. The third-order valence-corrected chi connectivity index (χ3v) is 3.46. The van der Waals surface area contributed by atoms with E-state index < -0.39 is 37.4 Å². The lowest BCUT2D eigenvalue weighted by molar-refractivity contribution is -0.307. The summed E-state index contributed by atoms with van der Waals surface area (Å²) in [5, 5.41) is 19.8. The molecule has 2 aliphatic heterocycles. The molecular weight excluding hydrogens is 280 g/mol. The average Bonchev–Trinajstić information content (AvgIpc) is 2.64. The fourth-order valence-corrected chi connectivity index (χ4v) is 2.40. The van der Waals surface area contributed by atoms with Gasteiger partial charge < -0.3 is 33.9 Å². The van der Waals surface area contributed by atoms with Gasteiger partial charge in [0.25, 0.3) is 0 Å². The summed E-state index contributed by atoms with van der Waals surface area (Å²) < 4.78 is 26.9. The topological polar surface area (TPSA) is 86.6 Å². The normalized spacial score (nSPS) is 40.3. The number of hydrogen-bond acceptors (Lipinski definition) is 7. The molecule has 7 nitrogen and oxygen atoms in total. The predicted molar refractivity (Wildman–Crippen MR) is 68.8 cm³/mol. The van der Waals surface area contributed by atoms with Gasteiger partial charge in [0, 0.05) is 12.7 Å². The number of benzene rings is 1. The zero-order chi connectivity index (χ0) is 14.8. The zero-order valence-corrected chi connectivity index (χ0v) is 11.5. The summed E-state index contributed by atoms with van der Waals surface area (Å²) >= 11 is 0. The molecule has 0 bridgehead atoms. The van der Waals surface area contributed by atoms with Crippen LogP contribution < -0.4 is 0 Å². The molecule has 2 heterocycles. The Kier molecular flexibility index (Phi) is 4.51. The fourth-order valence-electron chi connectivity index (χ4n) is 2.40. The third-order valence-electron chi connectivity index (χ3n) is 3.46. The van der Waals surface area contributed by atoms with Gasteiger partial charge in [-0.25, -0.2) is 0 Å². The lowest BCUT2D eigenvalue weighted by atomic mass is 10.1. The third kappa shape index (κ3) is 3.09. The Hall–Kier alpha value is -1.06. The van der Waals surface area contributed by atoms with Gasteiger partial charge in [-0.2, -0.15) is 0 Å². The molecule has 2 fully saturated rings. The molecule has 116 valence electrons. The van der Waals surface area contributed by atoms with Crippen LogP contribution in [0.15, 0.2) is 30.3 Å². The molecule has 21 heavy (non-hydrogen) atoms. The van der Waals surface area contributed by atoms with Crippen LogP contribution in [-0.4, -0.2) is 55.0 Å². The summed E-state index contributed by atoms with van der Waals surface area (Å²) in [7, 11) is 1.38. The Labute approximate surface area is 121 Å². The minimum atomic E-state index is -1.39.